The van der Waals surface area contributed by atoms with Crippen LogP contribution >= 0.6 is 0 Å². The minimum Gasteiger partial charge on any atom is -0.493 e. The van der Waals surface area contributed by atoms with Crippen molar-refractivity contribution < 1.29 is 13.9 Å². The van der Waals surface area contributed by atoms with Gasteiger partial charge in [-0.05, 0) is 29.8 Å². The van der Waals surface area contributed by atoms with Gasteiger partial charge >= 0.3 is 0 Å². The fourth-order valence-electron chi connectivity index (χ4n) is 3.32. The van der Waals surface area contributed by atoms with Crippen LogP contribution in [-0.2, 0) is 6.42 Å². The maximum absolute atomic E-state index is 13.3. The quantitative estimate of drug-likeness (QED) is 0.522. The molecule has 4 aromatic rings. The summed E-state index contributed by atoms with van der Waals surface area (Å²) in [4.78, 5) is 8.54. The Morgan fingerprint density at radius 2 is 2.00 bits per heavy atom. The van der Waals surface area contributed by atoms with Crippen LogP contribution < -0.4 is 9.47 Å². The molecule has 3 aromatic heterocycles. The molecule has 1 aliphatic heterocycles. The van der Waals surface area contributed by atoms with Gasteiger partial charge in [-0.3, -0.25) is 0 Å². The normalized spacial score (nSPS) is 12.8. The summed E-state index contributed by atoms with van der Waals surface area (Å²) in [5, 5.41) is 4.49. The van der Waals surface area contributed by atoms with E-state index >= 15 is 0 Å². The Labute approximate surface area is 154 Å². The van der Waals surface area contributed by atoms with Gasteiger partial charge in [-0.25, -0.2) is 14.5 Å². The highest BCUT2D eigenvalue weighted by molar-refractivity contribution is 5.82. The van der Waals surface area contributed by atoms with Gasteiger partial charge in [0.2, 0.25) is 11.8 Å². The first-order valence-electron chi connectivity index (χ1n) is 8.55. The van der Waals surface area contributed by atoms with Gasteiger partial charge in [-0.15, -0.1) is 5.10 Å². The van der Waals surface area contributed by atoms with E-state index < -0.39 is 5.95 Å². The molecule has 0 radical (unpaired) electrons. The van der Waals surface area contributed by atoms with Crippen LogP contribution in [0.1, 0.15) is 5.56 Å². The Balaban J connectivity index is 1.78. The van der Waals surface area contributed by atoms with Gasteiger partial charge in [0.1, 0.15) is 11.4 Å². The van der Waals surface area contributed by atoms with Crippen molar-refractivity contribution in [1.82, 2.24) is 19.6 Å². The molecular formula is C20H15FN4O2. The van der Waals surface area contributed by atoms with Crippen LogP contribution in [0.25, 0.3) is 28.2 Å². The number of hydrogen-bond acceptors (Lipinski definition) is 5. The summed E-state index contributed by atoms with van der Waals surface area (Å²) in [5.74, 6) is 0.795. The Bertz CT molecular complexity index is 1150. The molecule has 5 rings (SSSR count). The van der Waals surface area contributed by atoms with E-state index in [9.17, 15) is 4.39 Å². The molecule has 1 aliphatic rings. The van der Waals surface area contributed by atoms with Gasteiger partial charge in [0.15, 0.2) is 5.65 Å². The smallest absolute Gasteiger partial charge is 0.231 e. The lowest BCUT2D eigenvalue weighted by molar-refractivity contribution is 0.357. The second-order valence-corrected chi connectivity index (χ2v) is 6.25. The average Bonchev–Trinajstić information content (AvgIpc) is 3.31. The number of hydrogen-bond donors (Lipinski definition) is 0. The van der Waals surface area contributed by atoms with E-state index in [0.717, 1.165) is 23.4 Å². The Kier molecular flexibility index (Phi) is 3.53. The lowest BCUT2D eigenvalue weighted by atomic mass is 10.0. The van der Waals surface area contributed by atoms with Gasteiger partial charge in [-0.1, -0.05) is 12.1 Å². The zero-order valence-corrected chi connectivity index (χ0v) is 14.5. The third-order valence-corrected chi connectivity index (χ3v) is 4.63. The van der Waals surface area contributed by atoms with Crippen LogP contribution in [0.5, 0.6) is 11.6 Å². The number of ether oxygens (including phenoxy) is 2. The maximum atomic E-state index is 13.3. The second kappa shape index (κ2) is 6.05. The minimum absolute atomic E-state index is 0.458. The number of pyridine rings is 1. The molecule has 0 fully saturated rings. The summed E-state index contributed by atoms with van der Waals surface area (Å²) >= 11 is 0. The zero-order valence-electron chi connectivity index (χ0n) is 14.5. The van der Waals surface area contributed by atoms with Crippen LogP contribution in [0, 0.1) is 5.95 Å². The highest BCUT2D eigenvalue weighted by Gasteiger charge is 2.20. The van der Waals surface area contributed by atoms with Gasteiger partial charge < -0.3 is 9.47 Å². The molecule has 0 atom stereocenters. The molecule has 0 saturated carbocycles. The maximum Gasteiger partial charge on any atom is 0.231 e. The average molecular weight is 362 g/mol. The van der Waals surface area contributed by atoms with Gasteiger partial charge in [-0.2, -0.15) is 4.39 Å². The summed E-state index contributed by atoms with van der Waals surface area (Å²) in [6.45, 7) is 0.692. The number of imidazole rings is 1. The second-order valence-electron chi connectivity index (χ2n) is 6.25. The molecule has 1 aromatic carbocycles. The van der Waals surface area contributed by atoms with Crippen molar-refractivity contribution in [2.45, 2.75) is 6.42 Å². The molecule has 6 nitrogen and oxygen atoms in total. The van der Waals surface area contributed by atoms with E-state index in [1.807, 2.05) is 18.2 Å². The number of rotatable bonds is 3. The van der Waals surface area contributed by atoms with Crippen molar-refractivity contribution in [2.75, 3.05) is 13.7 Å². The predicted molar refractivity (Wildman–Crippen MR) is 97.4 cm³/mol. The van der Waals surface area contributed by atoms with Crippen molar-refractivity contribution in [3.8, 4) is 34.1 Å². The molecule has 0 saturated heterocycles. The Morgan fingerprint density at radius 1 is 1.11 bits per heavy atom. The Morgan fingerprint density at radius 3 is 2.81 bits per heavy atom. The number of methoxy groups -OCH3 is 1. The first-order chi connectivity index (χ1) is 13.2. The van der Waals surface area contributed by atoms with Gasteiger partial charge in [0.25, 0.3) is 0 Å². The lowest BCUT2D eigenvalue weighted by Gasteiger charge is -2.07. The molecule has 0 amide bonds. The lowest BCUT2D eigenvalue weighted by Crippen LogP contribution is -1.98. The van der Waals surface area contributed by atoms with E-state index in [1.165, 1.54) is 17.8 Å². The largest absolute Gasteiger partial charge is 0.493 e. The number of benzene rings is 1. The molecule has 27 heavy (non-hydrogen) atoms. The summed E-state index contributed by atoms with van der Waals surface area (Å²) in [7, 11) is 1.56. The molecule has 134 valence electrons. The molecule has 0 aliphatic carbocycles. The van der Waals surface area contributed by atoms with Crippen molar-refractivity contribution >= 4 is 5.65 Å². The van der Waals surface area contributed by atoms with Crippen LogP contribution in [0.3, 0.4) is 0 Å². The summed E-state index contributed by atoms with van der Waals surface area (Å²) in [6, 6.07) is 12.6. The van der Waals surface area contributed by atoms with Crippen LogP contribution in [0.2, 0.25) is 0 Å². The first-order valence-corrected chi connectivity index (χ1v) is 8.55. The third kappa shape index (κ3) is 2.59. The molecule has 0 N–H and O–H groups in total. The molecule has 0 unspecified atom stereocenters. The number of aromatic nitrogens is 4. The van der Waals surface area contributed by atoms with Crippen molar-refractivity contribution in [2.24, 2.45) is 0 Å². The molecule has 4 heterocycles. The fourth-order valence-corrected chi connectivity index (χ4v) is 3.32. The van der Waals surface area contributed by atoms with Crippen LogP contribution in [0.15, 0.2) is 48.7 Å². The number of fused-ring (bicyclic) bond motifs is 2. The van der Waals surface area contributed by atoms with E-state index in [2.05, 4.69) is 16.1 Å². The highest BCUT2D eigenvalue weighted by atomic mass is 19.1. The Hall–Kier alpha value is -3.48. The predicted octanol–water partition coefficient (Wildman–Crippen LogP) is 3.54. The highest BCUT2D eigenvalue weighted by Crippen LogP contribution is 2.36. The van der Waals surface area contributed by atoms with E-state index in [1.54, 1.807) is 23.8 Å². The minimum atomic E-state index is -0.536. The summed E-state index contributed by atoms with van der Waals surface area (Å²) in [5.41, 5.74) is 4.90. The third-order valence-electron chi connectivity index (χ3n) is 4.63. The van der Waals surface area contributed by atoms with E-state index in [4.69, 9.17) is 14.5 Å². The molecular weight excluding hydrogens is 347 g/mol. The van der Waals surface area contributed by atoms with Crippen LogP contribution in [0.4, 0.5) is 4.39 Å². The number of nitrogens with zero attached hydrogens (tertiary/aromatic N) is 4. The van der Waals surface area contributed by atoms with E-state index in [-0.39, 0.29) is 0 Å². The molecule has 0 spiro atoms. The molecule has 7 heteroatoms. The fraction of sp³-hybridized carbons (Fsp3) is 0.150. The van der Waals surface area contributed by atoms with Gasteiger partial charge in [0.05, 0.1) is 19.4 Å². The number of halogens is 1. The zero-order chi connectivity index (χ0) is 18.4. The van der Waals surface area contributed by atoms with Crippen LogP contribution in [-0.4, -0.2) is 33.3 Å². The summed E-state index contributed by atoms with van der Waals surface area (Å²) in [6.07, 6.45) is 2.39. The first kappa shape index (κ1) is 15.7. The van der Waals surface area contributed by atoms with Crippen molar-refractivity contribution in [1.29, 1.82) is 0 Å². The SMILES string of the molecule is COc1ccc2nc(-c3ccc4c(c3)OCC4)c(-c3ccc(F)nc3)n2n1. The summed E-state index contributed by atoms with van der Waals surface area (Å²) < 4.78 is 26.0. The van der Waals surface area contributed by atoms with Crippen molar-refractivity contribution in [3.05, 3.63) is 60.2 Å². The standard InChI is InChI=1S/C20H15FN4O2/c1-26-18-7-6-17-23-19(13-3-2-12-8-9-27-15(12)10-13)20(25(17)24-18)14-4-5-16(21)22-11-14/h2-7,10-11H,8-9H2,1H3. The monoisotopic (exact) mass is 362 g/mol. The van der Waals surface area contributed by atoms with E-state index in [0.29, 0.717) is 29.4 Å². The van der Waals surface area contributed by atoms with Gasteiger partial charge in [0, 0.05) is 29.8 Å². The molecule has 0 bridgehead atoms. The topological polar surface area (TPSA) is 61.5 Å². The van der Waals surface area contributed by atoms with Crippen molar-refractivity contribution in [3.63, 3.8) is 0 Å².